The van der Waals surface area contributed by atoms with Crippen LogP contribution in [0.1, 0.15) is 30.9 Å². The van der Waals surface area contributed by atoms with Crippen LogP contribution in [0, 0.1) is 0 Å². The highest BCUT2D eigenvalue weighted by Crippen LogP contribution is 2.19. The summed E-state index contributed by atoms with van der Waals surface area (Å²) in [6.07, 6.45) is 1.33. The van der Waals surface area contributed by atoms with Crippen molar-refractivity contribution in [3.63, 3.8) is 0 Å². The Bertz CT molecular complexity index is 938. The Morgan fingerprint density at radius 1 is 1.21 bits per heavy atom. The van der Waals surface area contributed by atoms with Crippen LogP contribution in [0.5, 0.6) is 5.88 Å². The molecule has 0 bridgehead atoms. The number of morpholine rings is 1. The Morgan fingerprint density at radius 2 is 1.89 bits per heavy atom. The summed E-state index contributed by atoms with van der Waals surface area (Å²) >= 11 is 0. The molecule has 0 aliphatic carbocycles. The van der Waals surface area contributed by atoms with E-state index in [-0.39, 0.29) is 5.56 Å². The van der Waals surface area contributed by atoms with Crippen LogP contribution >= 0.6 is 0 Å². The molecule has 8 heteroatoms. The van der Waals surface area contributed by atoms with Crippen molar-refractivity contribution in [2.45, 2.75) is 19.8 Å². The van der Waals surface area contributed by atoms with Gasteiger partial charge in [-0.1, -0.05) is 26.0 Å². The SMILES string of the molecule is CC(C)c1ccc(-n2c(O)c(C=NCCN3CCOCC3)c(=O)[nH]c2=O)cc1. The molecule has 1 aliphatic rings. The van der Waals surface area contributed by atoms with Crippen LogP contribution in [-0.4, -0.2) is 65.2 Å². The number of aromatic amines is 1. The average Bonchev–Trinajstić information content (AvgIpc) is 2.68. The first-order valence-electron chi connectivity index (χ1n) is 9.46. The molecule has 0 atom stereocenters. The van der Waals surface area contributed by atoms with Gasteiger partial charge in [-0.3, -0.25) is 19.7 Å². The molecule has 1 saturated heterocycles. The van der Waals surface area contributed by atoms with Gasteiger partial charge in [0.1, 0.15) is 5.56 Å². The molecule has 3 rings (SSSR count). The normalized spacial score (nSPS) is 15.5. The molecule has 28 heavy (non-hydrogen) atoms. The van der Waals surface area contributed by atoms with Crippen LogP contribution in [0.3, 0.4) is 0 Å². The van der Waals surface area contributed by atoms with Gasteiger partial charge in [0.2, 0.25) is 5.88 Å². The minimum atomic E-state index is -0.690. The minimum Gasteiger partial charge on any atom is -0.493 e. The number of H-pyrrole nitrogens is 1. The molecular weight excluding hydrogens is 360 g/mol. The number of aromatic nitrogens is 2. The number of aromatic hydroxyl groups is 1. The number of hydrogen-bond donors (Lipinski definition) is 2. The predicted octanol–water partition coefficient (Wildman–Crippen LogP) is 1.11. The van der Waals surface area contributed by atoms with Gasteiger partial charge in [0.05, 0.1) is 25.4 Å². The highest BCUT2D eigenvalue weighted by atomic mass is 16.5. The summed E-state index contributed by atoms with van der Waals surface area (Å²) < 4.78 is 6.38. The third-order valence-electron chi connectivity index (χ3n) is 4.81. The maximum atomic E-state index is 12.3. The standard InChI is InChI=1S/C20H26N4O4/c1-14(2)15-3-5-16(6-4-15)24-19(26)17(18(25)22-20(24)27)13-21-7-8-23-9-11-28-12-10-23/h3-6,13-14,26H,7-12H2,1-2H3,(H,22,25,27). The van der Waals surface area contributed by atoms with Crippen molar-refractivity contribution in [1.29, 1.82) is 0 Å². The first-order valence-corrected chi connectivity index (χ1v) is 9.46. The van der Waals surface area contributed by atoms with E-state index in [9.17, 15) is 14.7 Å². The quantitative estimate of drug-likeness (QED) is 0.725. The number of aliphatic imine (C=N–C) groups is 1. The zero-order valence-corrected chi connectivity index (χ0v) is 16.2. The maximum absolute atomic E-state index is 12.3. The summed E-state index contributed by atoms with van der Waals surface area (Å²) in [7, 11) is 0. The number of nitrogens with one attached hydrogen (secondary N) is 1. The fourth-order valence-electron chi connectivity index (χ4n) is 3.08. The largest absolute Gasteiger partial charge is 0.493 e. The molecule has 0 spiro atoms. The summed E-state index contributed by atoms with van der Waals surface area (Å²) in [6, 6.07) is 7.28. The Balaban J connectivity index is 1.82. The van der Waals surface area contributed by atoms with Gasteiger partial charge in [0, 0.05) is 25.8 Å². The molecule has 150 valence electrons. The Labute approximate surface area is 163 Å². The first kappa shape index (κ1) is 20.0. The molecule has 0 saturated carbocycles. The molecule has 1 aromatic heterocycles. The van der Waals surface area contributed by atoms with Crippen LogP contribution in [-0.2, 0) is 4.74 Å². The summed E-state index contributed by atoms with van der Waals surface area (Å²) in [6.45, 7) is 8.52. The third-order valence-corrected chi connectivity index (χ3v) is 4.81. The molecule has 0 radical (unpaired) electrons. The fourth-order valence-corrected chi connectivity index (χ4v) is 3.08. The zero-order chi connectivity index (χ0) is 20.1. The van der Waals surface area contributed by atoms with E-state index < -0.39 is 17.1 Å². The van der Waals surface area contributed by atoms with Gasteiger partial charge in [-0.15, -0.1) is 0 Å². The van der Waals surface area contributed by atoms with Crippen molar-refractivity contribution in [2.24, 2.45) is 4.99 Å². The van der Waals surface area contributed by atoms with Crippen LogP contribution in [0.2, 0.25) is 0 Å². The fraction of sp³-hybridized carbons (Fsp3) is 0.450. The van der Waals surface area contributed by atoms with Gasteiger partial charge < -0.3 is 9.84 Å². The topological polar surface area (TPSA) is 99.9 Å². The third kappa shape index (κ3) is 4.58. The Kier molecular flexibility index (Phi) is 6.43. The molecule has 2 N–H and O–H groups in total. The van der Waals surface area contributed by atoms with E-state index in [2.05, 4.69) is 28.7 Å². The van der Waals surface area contributed by atoms with Crippen molar-refractivity contribution in [3.8, 4) is 11.6 Å². The number of ether oxygens (including phenoxy) is 1. The number of rotatable bonds is 6. The van der Waals surface area contributed by atoms with Crippen LogP contribution in [0.4, 0.5) is 0 Å². The lowest BCUT2D eigenvalue weighted by Crippen LogP contribution is -2.37. The second kappa shape index (κ2) is 8.99. The van der Waals surface area contributed by atoms with Gasteiger partial charge in [-0.05, 0) is 23.6 Å². The van der Waals surface area contributed by atoms with Crippen molar-refractivity contribution >= 4 is 6.21 Å². The van der Waals surface area contributed by atoms with Crippen LogP contribution in [0.25, 0.3) is 5.69 Å². The van der Waals surface area contributed by atoms with Crippen molar-refractivity contribution in [1.82, 2.24) is 14.5 Å². The predicted molar refractivity (Wildman–Crippen MR) is 108 cm³/mol. The van der Waals surface area contributed by atoms with Gasteiger partial charge in [-0.2, -0.15) is 0 Å². The van der Waals surface area contributed by atoms with Crippen molar-refractivity contribution in [3.05, 3.63) is 56.2 Å². The van der Waals surface area contributed by atoms with Gasteiger partial charge in [0.15, 0.2) is 0 Å². The molecule has 2 aromatic rings. The number of nitrogens with zero attached hydrogens (tertiary/aromatic N) is 3. The monoisotopic (exact) mass is 386 g/mol. The minimum absolute atomic E-state index is 0.0329. The summed E-state index contributed by atoms with van der Waals surface area (Å²) in [4.78, 5) is 33.1. The average molecular weight is 386 g/mol. The van der Waals surface area contributed by atoms with E-state index >= 15 is 0 Å². The van der Waals surface area contributed by atoms with Gasteiger partial charge in [0.25, 0.3) is 5.56 Å². The van der Waals surface area contributed by atoms with E-state index in [1.165, 1.54) is 6.21 Å². The molecule has 8 nitrogen and oxygen atoms in total. The molecule has 1 aromatic carbocycles. The van der Waals surface area contributed by atoms with E-state index in [1.54, 1.807) is 12.1 Å². The van der Waals surface area contributed by atoms with Crippen LogP contribution < -0.4 is 11.2 Å². The first-order chi connectivity index (χ1) is 13.5. The van der Waals surface area contributed by atoms with Gasteiger partial charge >= 0.3 is 5.69 Å². The Hall–Kier alpha value is -2.71. The second-order valence-electron chi connectivity index (χ2n) is 7.07. The van der Waals surface area contributed by atoms with E-state index in [0.29, 0.717) is 31.4 Å². The van der Waals surface area contributed by atoms with E-state index in [1.807, 2.05) is 12.1 Å². The van der Waals surface area contributed by atoms with E-state index in [0.717, 1.165) is 29.8 Å². The molecule has 1 fully saturated rings. The van der Waals surface area contributed by atoms with Crippen LogP contribution in [0.15, 0.2) is 38.8 Å². The number of benzene rings is 1. The molecule has 1 aliphatic heterocycles. The highest BCUT2D eigenvalue weighted by Gasteiger charge is 2.14. The molecule has 2 heterocycles. The van der Waals surface area contributed by atoms with E-state index in [4.69, 9.17) is 4.74 Å². The lowest BCUT2D eigenvalue weighted by molar-refractivity contribution is 0.0395. The smallest absolute Gasteiger partial charge is 0.335 e. The maximum Gasteiger partial charge on any atom is 0.335 e. The Morgan fingerprint density at radius 3 is 2.54 bits per heavy atom. The summed E-state index contributed by atoms with van der Waals surface area (Å²) in [5.74, 6) is -0.0646. The molecule has 0 amide bonds. The second-order valence-corrected chi connectivity index (χ2v) is 7.07. The summed E-state index contributed by atoms with van der Waals surface area (Å²) in [5.41, 5.74) is 0.212. The molecular formula is C20H26N4O4. The number of hydrogen-bond acceptors (Lipinski definition) is 6. The van der Waals surface area contributed by atoms with Crippen molar-refractivity contribution < 1.29 is 9.84 Å². The lowest BCUT2D eigenvalue weighted by Gasteiger charge is -2.25. The molecule has 0 unspecified atom stereocenters. The van der Waals surface area contributed by atoms with Gasteiger partial charge in [-0.25, -0.2) is 9.36 Å². The lowest BCUT2D eigenvalue weighted by atomic mass is 10.0. The zero-order valence-electron chi connectivity index (χ0n) is 16.2. The highest BCUT2D eigenvalue weighted by molar-refractivity contribution is 5.82. The van der Waals surface area contributed by atoms with Crippen molar-refractivity contribution in [2.75, 3.05) is 39.4 Å². The summed E-state index contributed by atoms with van der Waals surface area (Å²) in [5, 5.41) is 10.6.